The third-order valence-corrected chi connectivity index (χ3v) is 5.79. The number of amides is 2. The van der Waals surface area contributed by atoms with E-state index in [2.05, 4.69) is 17.6 Å². The number of hydrogen-bond acceptors (Lipinski definition) is 5. The summed E-state index contributed by atoms with van der Waals surface area (Å²) in [5.74, 6) is 1.05. The van der Waals surface area contributed by atoms with Gasteiger partial charge in [0.25, 0.3) is 0 Å². The number of unbranched alkanes of at least 4 members (excludes halogenated alkanes) is 3. The predicted octanol–water partition coefficient (Wildman–Crippen LogP) is 3.46. The molecule has 2 aliphatic rings. The van der Waals surface area contributed by atoms with E-state index in [4.69, 9.17) is 21.1 Å². The van der Waals surface area contributed by atoms with Gasteiger partial charge in [-0.05, 0) is 25.8 Å². The van der Waals surface area contributed by atoms with Gasteiger partial charge >= 0.3 is 0 Å². The predicted molar refractivity (Wildman–Crippen MR) is 117 cm³/mol. The monoisotopic (exact) mass is 437 g/mol. The maximum absolute atomic E-state index is 12.6. The van der Waals surface area contributed by atoms with Gasteiger partial charge in [0.1, 0.15) is 13.2 Å². The molecule has 2 heterocycles. The van der Waals surface area contributed by atoms with Crippen LogP contribution in [0, 0.1) is 5.92 Å². The van der Waals surface area contributed by atoms with Crippen molar-refractivity contribution in [2.75, 3.05) is 44.7 Å². The molecule has 1 atom stereocenters. The normalized spacial score (nSPS) is 18.7. The minimum Gasteiger partial charge on any atom is -0.486 e. The summed E-state index contributed by atoms with van der Waals surface area (Å²) in [5, 5.41) is 6.32. The van der Waals surface area contributed by atoms with Crippen molar-refractivity contribution in [1.29, 1.82) is 0 Å². The van der Waals surface area contributed by atoms with E-state index in [1.807, 2.05) is 4.90 Å². The van der Waals surface area contributed by atoms with Crippen LogP contribution in [-0.2, 0) is 9.59 Å². The Bertz CT molecular complexity index is 743. The number of hydrogen-bond donors (Lipinski definition) is 2. The lowest BCUT2D eigenvalue weighted by Crippen LogP contribution is -2.45. The van der Waals surface area contributed by atoms with Crippen LogP contribution in [0.5, 0.6) is 11.5 Å². The van der Waals surface area contributed by atoms with Gasteiger partial charge in [0.2, 0.25) is 11.8 Å². The number of likely N-dealkylation sites (tertiary alicyclic amines) is 1. The van der Waals surface area contributed by atoms with Gasteiger partial charge in [-0.2, -0.15) is 0 Å². The van der Waals surface area contributed by atoms with E-state index >= 15 is 0 Å². The molecule has 166 valence electrons. The van der Waals surface area contributed by atoms with Crippen LogP contribution in [0.1, 0.15) is 45.4 Å². The molecule has 7 nitrogen and oxygen atoms in total. The molecule has 3 rings (SSSR count). The molecule has 2 N–H and O–H groups in total. The highest BCUT2D eigenvalue weighted by Crippen LogP contribution is 2.37. The zero-order valence-electron chi connectivity index (χ0n) is 17.7. The van der Waals surface area contributed by atoms with Crippen LogP contribution >= 0.6 is 11.6 Å². The number of halogens is 1. The molecule has 8 heteroatoms. The average Bonchev–Trinajstić information content (AvgIpc) is 2.74. The summed E-state index contributed by atoms with van der Waals surface area (Å²) in [5.41, 5.74) is 0.504. The molecule has 1 fully saturated rings. The van der Waals surface area contributed by atoms with Gasteiger partial charge in [0, 0.05) is 25.2 Å². The highest BCUT2D eigenvalue weighted by Gasteiger charge is 2.27. The van der Waals surface area contributed by atoms with Crippen molar-refractivity contribution in [3.8, 4) is 11.5 Å². The van der Waals surface area contributed by atoms with Crippen LogP contribution in [0.4, 0.5) is 5.69 Å². The third kappa shape index (κ3) is 6.51. The maximum Gasteiger partial charge on any atom is 0.238 e. The molecular weight excluding hydrogens is 406 g/mol. The van der Waals surface area contributed by atoms with Crippen molar-refractivity contribution in [3.05, 3.63) is 17.2 Å². The van der Waals surface area contributed by atoms with Crippen LogP contribution in [0.3, 0.4) is 0 Å². The summed E-state index contributed by atoms with van der Waals surface area (Å²) < 4.78 is 11.1. The molecular formula is C22H32ClN3O4. The summed E-state index contributed by atoms with van der Waals surface area (Å²) in [4.78, 5) is 27.1. The van der Waals surface area contributed by atoms with Gasteiger partial charge in [-0.1, -0.05) is 37.8 Å². The van der Waals surface area contributed by atoms with Crippen molar-refractivity contribution >= 4 is 29.1 Å². The number of nitrogens with zero attached hydrogens (tertiary/aromatic N) is 1. The van der Waals surface area contributed by atoms with Crippen molar-refractivity contribution in [2.24, 2.45) is 5.92 Å². The number of piperidine rings is 1. The number of benzene rings is 1. The highest BCUT2D eigenvalue weighted by molar-refractivity contribution is 6.34. The molecule has 0 saturated carbocycles. The van der Waals surface area contributed by atoms with Crippen LogP contribution in [0.2, 0.25) is 5.02 Å². The van der Waals surface area contributed by atoms with Gasteiger partial charge < -0.3 is 20.1 Å². The van der Waals surface area contributed by atoms with Gasteiger partial charge in [-0.15, -0.1) is 0 Å². The Balaban J connectivity index is 1.46. The highest BCUT2D eigenvalue weighted by atomic mass is 35.5. The third-order valence-electron chi connectivity index (χ3n) is 5.48. The SMILES string of the molecule is CCCCCCNC(=O)C1CCCN(CC(=O)Nc2cc3c(cc2Cl)OCCO3)C1. The molecule has 1 unspecified atom stereocenters. The Morgan fingerprint density at radius 1 is 1.17 bits per heavy atom. The molecule has 30 heavy (non-hydrogen) atoms. The standard InChI is InChI=1S/C22H32ClN3O4/c1-2-3-4-5-8-24-22(28)16-7-6-9-26(14-16)15-21(27)25-18-13-20-19(12-17(18)23)29-10-11-30-20/h12-13,16H,2-11,14-15H2,1H3,(H,24,28)(H,25,27). The average molecular weight is 438 g/mol. The second kappa shape index (κ2) is 11.4. The zero-order chi connectivity index (χ0) is 21.3. The number of carbonyl (C=O) groups excluding carboxylic acids is 2. The van der Waals surface area contributed by atoms with E-state index in [-0.39, 0.29) is 24.3 Å². The Morgan fingerprint density at radius 3 is 2.70 bits per heavy atom. The number of rotatable bonds is 9. The molecule has 0 radical (unpaired) electrons. The quantitative estimate of drug-likeness (QED) is 0.578. The molecule has 0 bridgehead atoms. The molecule has 0 spiro atoms. The number of ether oxygens (including phenoxy) is 2. The number of carbonyl (C=O) groups is 2. The van der Waals surface area contributed by atoms with E-state index in [1.165, 1.54) is 12.8 Å². The fourth-order valence-electron chi connectivity index (χ4n) is 3.87. The van der Waals surface area contributed by atoms with E-state index < -0.39 is 0 Å². The van der Waals surface area contributed by atoms with E-state index in [0.717, 1.165) is 38.8 Å². The van der Waals surface area contributed by atoms with Crippen molar-refractivity contribution in [1.82, 2.24) is 10.2 Å². The van der Waals surface area contributed by atoms with E-state index in [1.54, 1.807) is 12.1 Å². The Kier molecular flexibility index (Phi) is 8.63. The summed E-state index contributed by atoms with van der Waals surface area (Å²) in [7, 11) is 0. The summed E-state index contributed by atoms with van der Waals surface area (Å²) >= 11 is 6.28. The lowest BCUT2D eigenvalue weighted by atomic mass is 9.97. The fraction of sp³-hybridized carbons (Fsp3) is 0.636. The van der Waals surface area contributed by atoms with Gasteiger partial charge in [-0.3, -0.25) is 14.5 Å². The molecule has 1 saturated heterocycles. The number of fused-ring (bicyclic) bond motifs is 1. The maximum atomic E-state index is 12.6. The topological polar surface area (TPSA) is 79.9 Å². The second-order valence-corrected chi connectivity index (χ2v) is 8.36. The molecule has 2 aliphatic heterocycles. The Hall–Kier alpha value is -1.99. The van der Waals surface area contributed by atoms with Crippen LogP contribution < -0.4 is 20.1 Å². The summed E-state index contributed by atoms with van der Waals surface area (Å²) in [6.07, 6.45) is 6.34. The van der Waals surface area contributed by atoms with Crippen molar-refractivity contribution in [2.45, 2.75) is 45.4 Å². The second-order valence-electron chi connectivity index (χ2n) is 7.95. The van der Waals surface area contributed by atoms with Crippen LogP contribution in [-0.4, -0.2) is 56.1 Å². The molecule has 0 aromatic heterocycles. The van der Waals surface area contributed by atoms with Gasteiger partial charge in [-0.25, -0.2) is 0 Å². The lowest BCUT2D eigenvalue weighted by Gasteiger charge is -2.31. The zero-order valence-corrected chi connectivity index (χ0v) is 18.4. The van der Waals surface area contributed by atoms with Crippen LogP contribution in [0.25, 0.3) is 0 Å². The van der Waals surface area contributed by atoms with Gasteiger partial charge in [0.15, 0.2) is 11.5 Å². The summed E-state index contributed by atoms with van der Waals surface area (Å²) in [6, 6.07) is 3.35. The number of anilines is 1. The van der Waals surface area contributed by atoms with Crippen molar-refractivity contribution in [3.63, 3.8) is 0 Å². The molecule has 2 amide bonds. The Morgan fingerprint density at radius 2 is 1.93 bits per heavy atom. The summed E-state index contributed by atoms with van der Waals surface area (Å²) in [6.45, 7) is 5.50. The van der Waals surface area contributed by atoms with E-state index in [0.29, 0.717) is 42.0 Å². The molecule has 1 aromatic rings. The first-order valence-corrected chi connectivity index (χ1v) is 11.3. The van der Waals surface area contributed by atoms with Crippen molar-refractivity contribution < 1.29 is 19.1 Å². The molecule has 1 aromatic carbocycles. The molecule has 0 aliphatic carbocycles. The number of nitrogens with one attached hydrogen (secondary N) is 2. The Labute approximate surface area is 183 Å². The van der Waals surface area contributed by atoms with Crippen LogP contribution in [0.15, 0.2) is 12.1 Å². The minimum atomic E-state index is -0.158. The first-order chi connectivity index (χ1) is 14.6. The first-order valence-electron chi connectivity index (χ1n) is 11.0. The van der Waals surface area contributed by atoms with E-state index in [9.17, 15) is 9.59 Å². The smallest absolute Gasteiger partial charge is 0.238 e. The minimum absolute atomic E-state index is 0.0596. The first kappa shape index (κ1) is 22.7. The largest absolute Gasteiger partial charge is 0.486 e. The lowest BCUT2D eigenvalue weighted by molar-refractivity contribution is -0.127. The van der Waals surface area contributed by atoms with Gasteiger partial charge in [0.05, 0.1) is 23.2 Å². The fourth-order valence-corrected chi connectivity index (χ4v) is 4.07.